The van der Waals surface area contributed by atoms with Gasteiger partial charge in [-0.15, -0.1) is 0 Å². The molecule has 1 aromatic rings. The van der Waals surface area contributed by atoms with E-state index < -0.39 is 0 Å². The number of aryl methyl sites for hydroxylation is 1. The van der Waals surface area contributed by atoms with Crippen molar-refractivity contribution in [3.63, 3.8) is 0 Å². The highest BCUT2D eigenvalue weighted by atomic mass is 16.5. The van der Waals surface area contributed by atoms with Gasteiger partial charge in [0, 0.05) is 13.2 Å². The molecule has 1 heterocycles. The lowest BCUT2D eigenvalue weighted by Gasteiger charge is -2.22. The molecule has 0 saturated carbocycles. The normalized spacial score (nSPS) is 16.4. The summed E-state index contributed by atoms with van der Waals surface area (Å²) in [4.78, 5) is 0. The fourth-order valence-corrected chi connectivity index (χ4v) is 2.12. The molecule has 0 bridgehead atoms. The van der Waals surface area contributed by atoms with Gasteiger partial charge >= 0.3 is 0 Å². The molecule has 1 fully saturated rings. The first-order valence-corrected chi connectivity index (χ1v) is 6.48. The molecule has 1 aliphatic rings. The van der Waals surface area contributed by atoms with Crippen molar-refractivity contribution < 1.29 is 4.74 Å². The third kappa shape index (κ3) is 4.36. The van der Waals surface area contributed by atoms with Crippen LogP contribution in [0.15, 0.2) is 24.3 Å². The van der Waals surface area contributed by atoms with Gasteiger partial charge in [0.15, 0.2) is 0 Å². The summed E-state index contributed by atoms with van der Waals surface area (Å²) in [6.45, 7) is 8.07. The second-order valence-corrected chi connectivity index (χ2v) is 4.25. The molecule has 0 unspecified atom stereocenters. The summed E-state index contributed by atoms with van der Waals surface area (Å²) in [6.07, 6.45) is 3.69. The van der Waals surface area contributed by atoms with E-state index in [9.17, 15) is 0 Å². The zero-order valence-corrected chi connectivity index (χ0v) is 10.8. The quantitative estimate of drug-likeness (QED) is 0.732. The van der Waals surface area contributed by atoms with Crippen LogP contribution in [0.4, 0.5) is 0 Å². The third-order valence-electron chi connectivity index (χ3n) is 2.95. The Bertz CT molecular complexity index is 287. The Morgan fingerprint density at radius 3 is 2.50 bits per heavy atom. The SMILES string of the molecule is CC.Cc1cccc(CC2CCOCC2)c1. The molecule has 0 amide bonds. The number of hydrogen-bond donors (Lipinski definition) is 0. The summed E-state index contributed by atoms with van der Waals surface area (Å²) in [5.41, 5.74) is 2.85. The number of benzene rings is 1. The molecule has 90 valence electrons. The van der Waals surface area contributed by atoms with Crippen molar-refractivity contribution in [2.75, 3.05) is 13.2 Å². The molecule has 0 spiro atoms. The number of rotatable bonds is 2. The van der Waals surface area contributed by atoms with E-state index in [1.54, 1.807) is 0 Å². The van der Waals surface area contributed by atoms with Crippen LogP contribution < -0.4 is 0 Å². The van der Waals surface area contributed by atoms with Crippen molar-refractivity contribution in [3.8, 4) is 0 Å². The summed E-state index contributed by atoms with van der Waals surface area (Å²) in [5, 5.41) is 0. The zero-order chi connectivity index (χ0) is 11.8. The van der Waals surface area contributed by atoms with Gasteiger partial charge in [-0.2, -0.15) is 0 Å². The Kier molecular flexibility index (Phi) is 6.17. The fraction of sp³-hybridized carbons (Fsp3) is 0.600. The van der Waals surface area contributed by atoms with Gasteiger partial charge in [0.25, 0.3) is 0 Å². The van der Waals surface area contributed by atoms with E-state index in [2.05, 4.69) is 31.2 Å². The minimum Gasteiger partial charge on any atom is -0.381 e. The molecule has 0 aromatic heterocycles. The van der Waals surface area contributed by atoms with Crippen molar-refractivity contribution in [1.82, 2.24) is 0 Å². The van der Waals surface area contributed by atoms with E-state index in [0.717, 1.165) is 19.1 Å². The van der Waals surface area contributed by atoms with Crippen LogP contribution in [0.2, 0.25) is 0 Å². The molecule has 1 nitrogen and oxygen atoms in total. The predicted octanol–water partition coefficient (Wildman–Crippen LogP) is 3.99. The molecule has 16 heavy (non-hydrogen) atoms. The molecule has 1 aliphatic heterocycles. The fourth-order valence-electron chi connectivity index (χ4n) is 2.12. The lowest BCUT2D eigenvalue weighted by atomic mass is 9.92. The van der Waals surface area contributed by atoms with E-state index in [0.29, 0.717) is 0 Å². The van der Waals surface area contributed by atoms with Gasteiger partial charge in [-0.3, -0.25) is 0 Å². The molecule has 2 rings (SSSR count). The van der Waals surface area contributed by atoms with Crippen LogP contribution in [0.5, 0.6) is 0 Å². The van der Waals surface area contributed by atoms with Gasteiger partial charge in [-0.25, -0.2) is 0 Å². The smallest absolute Gasteiger partial charge is 0.0468 e. The van der Waals surface area contributed by atoms with E-state index >= 15 is 0 Å². The highest BCUT2D eigenvalue weighted by Gasteiger charge is 2.13. The molecule has 1 saturated heterocycles. The average molecular weight is 220 g/mol. The van der Waals surface area contributed by atoms with Crippen molar-refractivity contribution in [2.24, 2.45) is 5.92 Å². The first-order chi connectivity index (χ1) is 7.84. The molecule has 0 radical (unpaired) electrons. The monoisotopic (exact) mass is 220 g/mol. The van der Waals surface area contributed by atoms with Crippen molar-refractivity contribution in [2.45, 2.75) is 40.0 Å². The molecule has 0 aliphatic carbocycles. The van der Waals surface area contributed by atoms with Gasteiger partial charge in [-0.1, -0.05) is 43.7 Å². The maximum absolute atomic E-state index is 5.36. The minimum absolute atomic E-state index is 0.838. The van der Waals surface area contributed by atoms with E-state index in [1.807, 2.05) is 13.8 Å². The standard InChI is InChI=1S/C13H18O.C2H6/c1-11-3-2-4-13(9-11)10-12-5-7-14-8-6-12;1-2/h2-4,9,12H,5-8,10H2,1H3;1-2H3. The Balaban J connectivity index is 0.000000606. The molecular formula is C15H24O. The van der Waals surface area contributed by atoms with Crippen LogP contribution in [0, 0.1) is 12.8 Å². The predicted molar refractivity (Wildman–Crippen MR) is 69.8 cm³/mol. The Hall–Kier alpha value is -0.820. The first kappa shape index (κ1) is 13.2. The maximum Gasteiger partial charge on any atom is 0.0468 e. The topological polar surface area (TPSA) is 9.23 Å². The van der Waals surface area contributed by atoms with Gasteiger partial charge < -0.3 is 4.74 Å². The van der Waals surface area contributed by atoms with Crippen LogP contribution in [0.1, 0.15) is 37.8 Å². The number of ether oxygens (including phenoxy) is 1. The second-order valence-electron chi connectivity index (χ2n) is 4.25. The van der Waals surface area contributed by atoms with Crippen molar-refractivity contribution >= 4 is 0 Å². The van der Waals surface area contributed by atoms with E-state index in [1.165, 1.54) is 30.4 Å². The van der Waals surface area contributed by atoms with Crippen LogP contribution >= 0.6 is 0 Å². The summed E-state index contributed by atoms with van der Waals surface area (Å²) < 4.78 is 5.36. The summed E-state index contributed by atoms with van der Waals surface area (Å²) >= 11 is 0. The van der Waals surface area contributed by atoms with Gasteiger partial charge in [-0.05, 0) is 37.7 Å². The van der Waals surface area contributed by atoms with Crippen LogP contribution in [-0.2, 0) is 11.2 Å². The summed E-state index contributed by atoms with van der Waals surface area (Å²) in [5.74, 6) is 0.838. The minimum atomic E-state index is 0.838. The highest BCUT2D eigenvalue weighted by molar-refractivity contribution is 5.22. The maximum atomic E-state index is 5.36. The Morgan fingerprint density at radius 2 is 1.88 bits per heavy atom. The van der Waals surface area contributed by atoms with Crippen LogP contribution in [-0.4, -0.2) is 13.2 Å². The molecule has 0 atom stereocenters. The molecule has 1 aromatic carbocycles. The van der Waals surface area contributed by atoms with E-state index in [4.69, 9.17) is 4.74 Å². The summed E-state index contributed by atoms with van der Waals surface area (Å²) in [7, 11) is 0. The van der Waals surface area contributed by atoms with Crippen molar-refractivity contribution in [1.29, 1.82) is 0 Å². The van der Waals surface area contributed by atoms with Crippen LogP contribution in [0.25, 0.3) is 0 Å². The highest BCUT2D eigenvalue weighted by Crippen LogP contribution is 2.20. The molecule has 1 heteroatoms. The van der Waals surface area contributed by atoms with Gasteiger partial charge in [0.05, 0.1) is 0 Å². The summed E-state index contributed by atoms with van der Waals surface area (Å²) in [6, 6.07) is 8.86. The Labute approximate surface area is 99.8 Å². The largest absolute Gasteiger partial charge is 0.381 e. The lowest BCUT2D eigenvalue weighted by molar-refractivity contribution is 0.0665. The van der Waals surface area contributed by atoms with E-state index in [-0.39, 0.29) is 0 Å². The lowest BCUT2D eigenvalue weighted by Crippen LogP contribution is -2.17. The number of hydrogen-bond acceptors (Lipinski definition) is 1. The molecular weight excluding hydrogens is 196 g/mol. The second kappa shape index (κ2) is 7.45. The first-order valence-electron chi connectivity index (χ1n) is 6.48. The van der Waals surface area contributed by atoms with Gasteiger partial charge in [0.2, 0.25) is 0 Å². The van der Waals surface area contributed by atoms with Crippen molar-refractivity contribution in [3.05, 3.63) is 35.4 Å². The Morgan fingerprint density at radius 1 is 1.19 bits per heavy atom. The average Bonchev–Trinajstić information content (AvgIpc) is 2.33. The van der Waals surface area contributed by atoms with Crippen LogP contribution in [0.3, 0.4) is 0 Å². The van der Waals surface area contributed by atoms with Gasteiger partial charge in [0.1, 0.15) is 0 Å². The third-order valence-corrected chi connectivity index (χ3v) is 2.95. The zero-order valence-electron chi connectivity index (χ0n) is 10.8. The molecule has 0 N–H and O–H groups in total.